The van der Waals surface area contributed by atoms with Gasteiger partial charge in [0.05, 0.1) is 11.6 Å². The monoisotopic (exact) mass is 307 g/mol. The van der Waals surface area contributed by atoms with Gasteiger partial charge in [0.1, 0.15) is 5.75 Å². The number of carboxylic acids is 1. The van der Waals surface area contributed by atoms with Crippen LogP contribution in [0, 0.1) is 5.92 Å². The summed E-state index contributed by atoms with van der Waals surface area (Å²) in [4.78, 5) is 11.2. The number of aromatic hydroxyl groups is 1. The first-order valence-corrected chi connectivity index (χ1v) is 7.73. The molecule has 0 amide bonds. The molecule has 0 saturated heterocycles. The molecule has 0 saturated carbocycles. The summed E-state index contributed by atoms with van der Waals surface area (Å²) >= 11 is 0. The standard InChI is InChI=1S/C19H17NO3/c21-13-4-1-3-11(9-13)18-15-6-2-5-14(15)16-10-12(19(22)23)7-8-17(16)20-18/h1-5,7-10,14-15,18,20-21H,6H2,(H,22,23). The van der Waals surface area contributed by atoms with Gasteiger partial charge < -0.3 is 15.5 Å². The van der Waals surface area contributed by atoms with Crippen molar-refractivity contribution in [2.24, 2.45) is 5.92 Å². The molecule has 2 aromatic carbocycles. The predicted molar refractivity (Wildman–Crippen MR) is 87.9 cm³/mol. The van der Waals surface area contributed by atoms with Gasteiger partial charge >= 0.3 is 5.97 Å². The molecule has 116 valence electrons. The number of anilines is 1. The molecule has 3 unspecified atom stereocenters. The number of fused-ring (bicyclic) bond motifs is 3. The van der Waals surface area contributed by atoms with Gasteiger partial charge in [-0.05, 0) is 53.8 Å². The van der Waals surface area contributed by atoms with Gasteiger partial charge in [0.2, 0.25) is 0 Å². The number of hydrogen-bond acceptors (Lipinski definition) is 3. The van der Waals surface area contributed by atoms with E-state index < -0.39 is 5.97 Å². The van der Waals surface area contributed by atoms with Gasteiger partial charge in [-0.3, -0.25) is 0 Å². The highest BCUT2D eigenvalue weighted by Crippen LogP contribution is 2.50. The Labute approximate surface area is 134 Å². The van der Waals surface area contributed by atoms with Crippen LogP contribution in [-0.4, -0.2) is 16.2 Å². The van der Waals surface area contributed by atoms with E-state index in [1.807, 2.05) is 18.2 Å². The maximum absolute atomic E-state index is 11.2. The molecule has 0 spiro atoms. The van der Waals surface area contributed by atoms with Crippen molar-refractivity contribution < 1.29 is 15.0 Å². The first kappa shape index (κ1) is 13.9. The molecule has 2 aromatic rings. The summed E-state index contributed by atoms with van der Waals surface area (Å²) in [6.07, 6.45) is 5.27. The van der Waals surface area contributed by atoms with E-state index >= 15 is 0 Å². The average molecular weight is 307 g/mol. The number of rotatable bonds is 2. The van der Waals surface area contributed by atoms with Crippen LogP contribution in [0.1, 0.15) is 39.9 Å². The molecule has 0 aromatic heterocycles. The zero-order valence-electron chi connectivity index (χ0n) is 12.4. The maximum Gasteiger partial charge on any atom is 0.335 e. The van der Waals surface area contributed by atoms with E-state index in [-0.39, 0.29) is 17.7 Å². The zero-order valence-corrected chi connectivity index (χ0v) is 12.4. The summed E-state index contributed by atoms with van der Waals surface area (Å²) in [6.45, 7) is 0. The van der Waals surface area contributed by atoms with Crippen molar-refractivity contribution in [1.29, 1.82) is 0 Å². The summed E-state index contributed by atoms with van der Waals surface area (Å²) in [5.41, 5.74) is 3.38. The minimum absolute atomic E-state index is 0.102. The maximum atomic E-state index is 11.2. The molecule has 2 aliphatic rings. The van der Waals surface area contributed by atoms with E-state index in [1.54, 1.807) is 24.3 Å². The van der Waals surface area contributed by atoms with E-state index in [0.717, 1.165) is 23.2 Å². The summed E-state index contributed by atoms with van der Waals surface area (Å²) < 4.78 is 0. The van der Waals surface area contributed by atoms with Crippen LogP contribution in [-0.2, 0) is 0 Å². The Bertz CT molecular complexity index is 812. The highest BCUT2D eigenvalue weighted by Gasteiger charge is 2.38. The lowest BCUT2D eigenvalue weighted by Gasteiger charge is -2.37. The predicted octanol–water partition coefficient (Wildman–Crippen LogP) is 3.92. The number of carbonyl (C=O) groups is 1. The molecule has 0 fully saturated rings. The lowest BCUT2D eigenvalue weighted by Crippen LogP contribution is -2.29. The van der Waals surface area contributed by atoms with Crippen molar-refractivity contribution in [3.63, 3.8) is 0 Å². The summed E-state index contributed by atoms with van der Waals surface area (Å²) in [5, 5.41) is 22.5. The molecule has 3 N–H and O–H groups in total. The summed E-state index contributed by atoms with van der Waals surface area (Å²) in [6, 6.07) is 12.7. The number of nitrogens with one attached hydrogen (secondary N) is 1. The first-order valence-electron chi connectivity index (χ1n) is 7.73. The van der Waals surface area contributed by atoms with E-state index in [4.69, 9.17) is 0 Å². The number of phenolic OH excluding ortho intramolecular Hbond substituents is 1. The second kappa shape index (κ2) is 5.16. The number of benzene rings is 2. The Morgan fingerprint density at radius 1 is 1.17 bits per heavy atom. The van der Waals surface area contributed by atoms with Gasteiger partial charge in [0, 0.05) is 11.6 Å². The van der Waals surface area contributed by atoms with Crippen LogP contribution in [0.25, 0.3) is 0 Å². The molecular weight excluding hydrogens is 290 g/mol. The lowest BCUT2D eigenvalue weighted by atomic mass is 9.76. The molecule has 23 heavy (non-hydrogen) atoms. The number of phenols is 1. The quantitative estimate of drug-likeness (QED) is 0.736. The Hall–Kier alpha value is -2.75. The highest BCUT2D eigenvalue weighted by molar-refractivity contribution is 5.89. The Morgan fingerprint density at radius 3 is 2.83 bits per heavy atom. The number of aromatic carboxylic acids is 1. The molecule has 0 radical (unpaired) electrons. The third kappa shape index (κ3) is 2.27. The highest BCUT2D eigenvalue weighted by atomic mass is 16.4. The molecule has 4 heteroatoms. The molecule has 1 heterocycles. The third-order valence-corrected chi connectivity index (χ3v) is 4.84. The van der Waals surface area contributed by atoms with Crippen molar-refractivity contribution >= 4 is 11.7 Å². The Kier molecular flexibility index (Phi) is 3.11. The molecule has 1 aliphatic heterocycles. The molecule has 4 rings (SSSR count). The topological polar surface area (TPSA) is 69.6 Å². The van der Waals surface area contributed by atoms with Crippen molar-refractivity contribution in [3.8, 4) is 5.75 Å². The fourth-order valence-electron chi connectivity index (χ4n) is 3.78. The fourth-order valence-corrected chi connectivity index (χ4v) is 3.78. The number of allylic oxidation sites excluding steroid dienone is 2. The van der Waals surface area contributed by atoms with E-state index in [1.165, 1.54) is 0 Å². The molecular formula is C19H17NO3. The fraction of sp³-hybridized carbons (Fsp3) is 0.211. The summed E-state index contributed by atoms with van der Waals surface area (Å²) in [5.74, 6) is -0.105. The van der Waals surface area contributed by atoms with Gasteiger partial charge in [-0.1, -0.05) is 24.3 Å². The second-order valence-corrected chi connectivity index (χ2v) is 6.18. The van der Waals surface area contributed by atoms with Crippen LogP contribution in [0.4, 0.5) is 5.69 Å². The van der Waals surface area contributed by atoms with Crippen LogP contribution < -0.4 is 5.32 Å². The normalized spacial score (nSPS) is 24.6. The smallest absolute Gasteiger partial charge is 0.335 e. The SMILES string of the molecule is O=C(O)c1ccc2c(c1)C1C=CCC1C(c1cccc(O)c1)N2. The van der Waals surface area contributed by atoms with Crippen LogP contribution in [0.15, 0.2) is 54.6 Å². The molecule has 3 atom stereocenters. The van der Waals surface area contributed by atoms with Gasteiger partial charge in [0.15, 0.2) is 0 Å². The zero-order chi connectivity index (χ0) is 16.0. The van der Waals surface area contributed by atoms with E-state index in [2.05, 4.69) is 17.5 Å². The Morgan fingerprint density at radius 2 is 2.04 bits per heavy atom. The average Bonchev–Trinajstić information content (AvgIpc) is 3.03. The minimum Gasteiger partial charge on any atom is -0.508 e. The lowest BCUT2D eigenvalue weighted by molar-refractivity contribution is 0.0696. The van der Waals surface area contributed by atoms with Crippen LogP contribution in [0.5, 0.6) is 5.75 Å². The van der Waals surface area contributed by atoms with E-state index in [0.29, 0.717) is 11.5 Å². The third-order valence-electron chi connectivity index (χ3n) is 4.84. The van der Waals surface area contributed by atoms with Crippen molar-refractivity contribution in [1.82, 2.24) is 0 Å². The van der Waals surface area contributed by atoms with Gasteiger partial charge in [-0.15, -0.1) is 0 Å². The number of hydrogen-bond donors (Lipinski definition) is 3. The van der Waals surface area contributed by atoms with Crippen molar-refractivity contribution in [2.75, 3.05) is 5.32 Å². The minimum atomic E-state index is -0.901. The first-order chi connectivity index (χ1) is 11.1. The van der Waals surface area contributed by atoms with Crippen molar-refractivity contribution in [2.45, 2.75) is 18.4 Å². The molecule has 4 nitrogen and oxygen atoms in total. The Balaban J connectivity index is 1.79. The van der Waals surface area contributed by atoms with Crippen LogP contribution in [0.2, 0.25) is 0 Å². The van der Waals surface area contributed by atoms with Crippen molar-refractivity contribution in [3.05, 3.63) is 71.3 Å². The van der Waals surface area contributed by atoms with E-state index in [9.17, 15) is 15.0 Å². The van der Waals surface area contributed by atoms with Crippen LogP contribution in [0.3, 0.4) is 0 Å². The van der Waals surface area contributed by atoms with Crippen LogP contribution >= 0.6 is 0 Å². The second-order valence-electron chi connectivity index (χ2n) is 6.18. The molecule has 0 bridgehead atoms. The van der Waals surface area contributed by atoms with Gasteiger partial charge in [0.25, 0.3) is 0 Å². The van der Waals surface area contributed by atoms with Gasteiger partial charge in [-0.2, -0.15) is 0 Å². The largest absolute Gasteiger partial charge is 0.508 e. The number of carboxylic acid groups (broad SMARTS) is 1. The summed E-state index contributed by atoms with van der Waals surface area (Å²) in [7, 11) is 0. The molecule has 1 aliphatic carbocycles. The van der Waals surface area contributed by atoms with Gasteiger partial charge in [-0.25, -0.2) is 4.79 Å².